The van der Waals surface area contributed by atoms with E-state index in [0.717, 1.165) is 6.92 Å². The Labute approximate surface area is 205 Å². The van der Waals surface area contributed by atoms with E-state index in [1.807, 2.05) is 0 Å². The second-order valence-electron chi connectivity index (χ2n) is 7.40. The van der Waals surface area contributed by atoms with Crippen LogP contribution in [-0.2, 0) is 15.6 Å². The molecule has 0 radical (unpaired) electrons. The van der Waals surface area contributed by atoms with Crippen LogP contribution in [0.5, 0.6) is 0 Å². The Morgan fingerprint density at radius 2 is 1.82 bits per heavy atom. The third-order valence-electron chi connectivity index (χ3n) is 5.05. The smallest absolute Gasteiger partial charge is 0.414 e. The summed E-state index contributed by atoms with van der Waals surface area (Å²) >= 11 is 0.656. The van der Waals surface area contributed by atoms with Gasteiger partial charge in [-0.1, -0.05) is 0 Å². The van der Waals surface area contributed by atoms with Crippen LogP contribution in [0.2, 0.25) is 0 Å². The lowest BCUT2D eigenvalue weighted by molar-refractivity contribution is 0.107. The zero-order valence-corrected chi connectivity index (χ0v) is 20.4. The molecule has 0 aliphatic carbocycles. The second-order valence-corrected chi connectivity index (χ2v) is 8.34. The highest BCUT2D eigenvalue weighted by atomic mass is 32.2. The number of amides is 1. The Balaban J connectivity index is 0.00000408. The maximum atomic E-state index is 14.0. The number of nitrogens with one attached hydrogen (secondary N) is 1. The molecule has 0 fully saturated rings. The zero-order valence-electron chi connectivity index (χ0n) is 18.6. The summed E-state index contributed by atoms with van der Waals surface area (Å²) in [6.45, 7) is 1.78. The van der Waals surface area contributed by atoms with Gasteiger partial charge >= 0.3 is 6.09 Å². The van der Waals surface area contributed by atoms with Gasteiger partial charge in [0.05, 0.1) is 18.0 Å². The Morgan fingerprint density at radius 1 is 1.18 bits per heavy atom. The van der Waals surface area contributed by atoms with Crippen molar-refractivity contribution >= 4 is 43.2 Å². The van der Waals surface area contributed by atoms with E-state index in [2.05, 4.69) is 5.48 Å². The molecule has 6 nitrogen and oxygen atoms in total. The summed E-state index contributed by atoms with van der Waals surface area (Å²) in [5, 5.41) is 0. The number of halogens is 5. The predicted molar refractivity (Wildman–Crippen MR) is 124 cm³/mol. The molecule has 0 spiro atoms. The van der Waals surface area contributed by atoms with E-state index in [4.69, 9.17) is 9.02 Å². The monoisotopic (exact) mass is 525 g/mol. The summed E-state index contributed by atoms with van der Waals surface area (Å²) in [6, 6.07) is 4.96. The minimum Gasteiger partial charge on any atom is -0.441 e. The van der Waals surface area contributed by atoms with Gasteiger partial charge in [-0.15, -0.1) is 0 Å². The highest BCUT2D eigenvalue weighted by Gasteiger charge is 2.30. The number of hydrogen-bond donors (Lipinski definition) is 1. The lowest BCUT2D eigenvalue weighted by Gasteiger charge is -2.32. The van der Waals surface area contributed by atoms with Crippen molar-refractivity contribution < 1.29 is 35.8 Å². The van der Waals surface area contributed by atoms with Crippen LogP contribution in [0.4, 0.5) is 38.1 Å². The van der Waals surface area contributed by atoms with Crippen molar-refractivity contribution in [3.05, 3.63) is 58.2 Å². The normalized spacial score (nSPS) is 15.1. The van der Waals surface area contributed by atoms with Gasteiger partial charge in [0.25, 0.3) is 0 Å². The molecular weight excluding hydrogens is 501 g/mol. The van der Waals surface area contributed by atoms with Crippen LogP contribution < -0.4 is 10.4 Å². The van der Waals surface area contributed by atoms with Gasteiger partial charge in [0.1, 0.15) is 18.3 Å². The molecule has 1 amide bonds. The Kier molecular flexibility index (Phi) is 9.85. The first-order chi connectivity index (χ1) is 15.6. The fraction of sp³-hybridized carbons (Fsp3) is 0.381. The number of cyclic esters (lactones) is 1. The summed E-state index contributed by atoms with van der Waals surface area (Å²) in [6.07, 6.45) is -0.921. The molecule has 1 heterocycles. The molecule has 0 bridgehead atoms. The highest BCUT2D eigenvalue weighted by Crippen LogP contribution is 2.36. The summed E-state index contributed by atoms with van der Waals surface area (Å²) in [5.74, 6) is -5.79. The molecule has 1 aliphatic heterocycles. The molecule has 1 atom stereocenters. The van der Waals surface area contributed by atoms with Crippen LogP contribution in [0.15, 0.2) is 18.2 Å². The van der Waals surface area contributed by atoms with Crippen LogP contribution in [0, 0.1) is 30.2 Å². The average molecular weight is 526 g/mol. The number of alkyl halides is 1. The van der Waals surface area contributed by atoms with E-state index in [-0.39, 0.29) is 26.5 Å². The van der Waals surface area contributed by atoms with Gasteiger partial charge in [0.15, 0.2) is 23.3 Å². The van der Waals surface area contributed by atoms with Crippen molar-refractivity contribution in [3.63, 3.8) is 0 Å². The first-order valence-corrected chi connectivity index (χ1v) is 10.7. The van der Waals surface area contributed by atoms with E-state index >= 15 is 0 Å². The topological polar surface area (TPSA) is 54.0 Å². The molecule has 0 saturated heterocycles. The number of fused-ring (bicyclic) bond motifs is 1. The fourth-order valence-corrected chi connectivity index (χ4v) is 3.74. The average Bonchev–Trinajstić information content (AvgIpc) is 2.79. The van der Waals surface area contributed by atoms with Crippen molar-refractivity contribution in [2.75, 3.05) is 30.6 Å². The predicted octanol–water partition coefficient (Wildman–Crippen LogP) is 6.08. The lowest BCUT2D eigenvalue weighted by Crippen LogP contribution is -2.37. The maximum absolute atomic E-state index is 14.0. The first-order valence-electron chi connectivity index (χ1n) is 9.96. The van der Waals surface area contributed by atoms with Crippen molar-refractivity contribution in [1.82, 2.24) is 4.31 Å². The minimum atomic E-state index is -1.46. The van der Waals surface area contributed by atoms with Gasteiger partial charge in [-0.05, 0) is 38.5 Å². The standard InChI is InChI=1S/C21H22F5N3O3S.H2S/c1-11-17(23)19(25)15(20(26)18(11)24)10-28(3)33-32-27-13-5-6-16-14(9-13)12(2)31-21(30)29(16)8-4-7-22;/h5-6,9,12,27H,4,7-8,10H2,1-3H3;1H2. The quantitative estimate of drug-likeness (QED) is 0.141. The molecule has 34 heavy (non-hydrogen) atoms. The zero-order chi connectivity index (χ0) is 24.3. The van der Waals surface area contributed by atoms with Crippen LogP contribution >= 0.6 is 25.7 Å². The van der Waals surface area contributed by atoms with E-state index < -0.39 is 59.8 Å². The maximum Gasteiger partial charge on any atom is 0.414 e. The summed E-state index contributed by atoms with van der Waals surface area (Å²) < 4.78 is 79.9. The van der Waals surface area contributed by atoms with Crippen LogP contribution in [0.3, 0.4) is 0 Å². The van der Waals surface area contributed by atoms with Crippen LogP contribution in [0.1, 0.15) is 36.1 Å². The molecule has 0 saturated carbocycles. The van der Waals surface area contributed by atoms with Gasteiger partial charge in [-0.25, -0.2) is 26.7 Å². The van der Waals surface area contributed by atoms with Gasteiger partial charge in [0.2, 0.25) is 0 Å². The van der Waals surface area contributed by atoms with E-state index in [0.29, 0.717) is 29.2 Å². The number of anilines is 2. The number of carbonyl (C=O) groups excluding carboxylic acids is 1. The van der Waals surface area contributed by atoms with Gasteiger partial charge < -0.3 is 4.74 Å². The van der Waals surface area contributed by atoms with Crippen molar-refractivity contribution in [1.29, 1.82) is 0 Å². The van der Waals surface area contributed by atoms with Gasteiger partial charge in [-0.3, -0.25) is 14.8 Å². The Morgan fingerprint density at radius 3 is 2.44 bits per heavy atom. The third kappa shape index (κ3) is 5.88. The molecular formula is C21H24F5N3O3S2. The SMILES string of the molecule is Cc1c(F)c(F)c(CN(C)SONc2ccc3c(c2)C(C)OC(=O)N3CCCF)c(F)c1F.S. The number of rotatable bonds is 9. The Bertz CT molecular complexity index is 1020. The number of ether oxygens (including phenoxy) is 1. The van der Waals surface area contributed by atoms with Gasteiger partial charge in [0, 0.05) is 36.8 Å². The molecule has 2 aromatic carbocycles. The molecule has 0 aromatic heterocycles. The summed E-state index contributed by atoms with van der Waals surface area (Å²) in [7, 11) is 1.41. The van der Waals surface area contributed by atoms with E-state index in [1.165, 1.54) is 16.3 Å². The third-order valence-corrected chi connectivity index (χ3v) is 5.59. The van der Waals surface area contributed by atoms with Gasteiger partial charge in [-0.2, -0.15) is 17.8 Å². The van der Waals surface area contributed by atoms with Crippen LogP contribution in [0.25, 0.3) is 0 Å². The van der Waals surface area contributed by atoms with Crippen LogP contribution in [-0.4, -0.2) is 30.7 Å². The molecule has 1 aliphatic rings. The summed E-state index contributed by atoms with van der Waals surface area (Å²) in [5.41, 5.74) is 2.90. The molecule has 188 valence electrons. The minimum absolute atomic E-state index is 0. The first kappa shape index (κ1) is 28.0. The van der Waals surface area contributed by atoms with E-state index in [9.17, 15) is 26.7 Å². The molecule has 2 aromatic rings. The molecule has 1 N–H and O–H groups in total. The fourth-order valence-electron chi connectivity index (χ4n) is 3.30. The molecule has 13 heteroatoms. The van der Waals surface area contributed by atoms with Crippen molar-refractivity contribution in [2.24, 2.45) is 0 Å². The van der Waals surface area contributed by atoms with Crippen molar-refractivity contribution in [3.8, 4) is 0 Å². The largest absolute Gasteiger partial charge is 0.441 e. The highest BCUT2D eigenvalue weighted by molar-refractivity contribution is 7.92. The number of hydrogen-bond acceptors (Lipinski definition) is 6. The number of nitrogens with zero attached hydrogens (tertiary/aromatic N) is 2. The second kappa shape index (κ2) is 12.0. The summed E-state index contributed by atoms with van der Waals surface area (Å²) in [4.78, 5) is 13.4. The lowest BCUT2D eigenvalue weighted by atomic mass is 10.0. The molecule has 3 rings (SSSR count). The molecule has 1 unspecified atom stereocenters. The Hall–Kier alpha value is -2.22. The number of benzene rings is 2. The number of carbonyl (C=O) groups is 1. The van der Waals surface area contributed by atoms with E-state index in [1.54, 1.807) is 25.1 Å². The van der Waals surface area contributed by atoms with Crippen molar-refractivity contribution in [2.45, 2.75) is 32.9 Å².